The largest absolute Gasteiger partial charge is 0.497 e. The van der Waals surface area contributed by atoms with E-state index in [0.717, 1.165) is 22.6 Å². The molecule has 0 saturated carbocycles. The van der Waals surface area contributed by atoms with Crippen molar-refractivity contribution in [3.8, 4) is 5.75 Å². The van der Waals surface area contributed by atoms with Crippen molar-refractivity contribution in [1.29, 1.82) is 0 Å². The van der Waals surface area contributed by atoms with Crippen LogP contribution in [0.2, 0.25) is 0 Å². The van der Waals surface area contributed by atoms with Crippen molar-refractivity contribution in [3.05, 3.63) is 83.4 Å². The molecular weight excluding hydrogens is 456 g/mol. The Kier molecular flexibility index (Phi) is 7.04. The Balaban J connectivity index is 1.15. The Labute approximate surface area is 211 Å². The maximum absolute atomic E-state index is 13.3. The van der Waals surface area contributed by atoms with E-state index in [1.54, 1.807) is 13.4 Å². The standard InChI is InChI=1S/C28H32N4O4/c1-19(20-8-10-23(35-2)11-9-20)30-27(33)22-12-14-31(15-13-22)28(34)26-24-17-36-25(16-32(24)18-29-26)21-6-4-3-5-7-21/h3-11,18-19,22,25H,12-17H2,1-2H3,(H,30,33)/t19-,25+/m0/s1. The minimum absolute atomic E-state index is 0.0325. The number of carbonyl (C=O) groups excluding carboxylic acids is 2. The molecule has 188 valence electrons. The summed E-state index contributed by atoms with van der Waals surface area (Å²) >= 11 is 0. The summed E-state index contributed by atoms with van der Waals surface area (Å²) in [5.41, 5.74) is 3.42. The molecule has 0 radical (unpaired) electrons. The number of likely N-dealkylation sites (tertiary alicyclic amines) is 1. The lowest BCUT2D eigenvalue weighted by Crippen LogP contribution is -2.43. The van der Waals surface area contributed by atoms with Crippen LogP contribution in [-0.2, 0) is 22.7 Å². The molecule has 1 aromatic heterocycles. The second kappa shape index (κ2) is 10.5. The fourth-order valence-corrected chi connectivity index (χ4v) is 4.98. The Bertz CT molecular complexity index is 1200. The van der Waals surface area contributed by atoms with Crippen LogP contribution < -0.4 is 10.1 Å². The molecule has 0 spiro atoms. The van der Waals surface area contributed by atoms with Gasteiger partial charge in [0.15, 0.2) is 5.69 Å². The van der Waals surface area contributed by atoms with Gasteiger partial charge in [-0.05, 0) is 43.0 Å². The van der Waals surface area contributed by atoms with E-state index in [4.69, 9.17) is 9.47 Å². The van der Waals surface area contributed by atoms with Crippen LogP contribution in [0, 0.1) is 5.92 Å². The van der Waals surface area contributed by atoms with Crippen LogP contribution in [0.3, 0.4) is 0 Å². The number of hydrogen-bond donors (Lipinski definition) is 1. The topological polar surface area (TPSA) is 85.7 Å². The average molecular weight is 489 g/mol. The molecule has 2 aliphatic heterocycles. The normalized spacial score (nSPS) is 18.8. The minimum Gasteiger partial charge on any atom is -0.497 e. The number of benzene rings is 2. The van der Waals surface area contributed by atoms with Crippen LogP contribution in [-0.4, -0.2) is 46.5 Å². The number of nitrogens with one attached hydrogen (secondary N) is 1. The Morgan fingerprint density at radius 3 is 2.50 bits per heavy atom. The molecule has 1 fully saturated rings. The van der Waals surface area contributed by atoms with Crippen LogP contribution in [0.5, 0.6) is 5.75 Å². The van der Waals surface area contributed by atoms with Gasteiger partial charge in [0, 0.05) is 19.0 Å². The van der Waals surface area contributed by atoms with Crippen LogP contribution in [0.4, 0.5) is 0 Å². The van der Waals surface area contributed by atoms with Crippen molar-refractivity contribution in [2.24, 2.45) is 5.92 Å². The zero-order valence-electron chi connectivity index (χ0n) is 20.7. The van der Waals surface area contributed by atoms with Crippen molar-refractivity contribution >= 4 is 11.8 Å². The van der Waals surface area contributed by atoms with Gasteiger partial charge in [-0.2, -0.15) is 0 Å². The van der Waals surface area contributed by atoms with Gasteiger partial charge < -0.3 is 24.3 Å². The SMILES string of the molecule is COc1ccc([C@H](C)NC(=O)C2CCN(C(=O)c3ncn4c3CO[C@@H](c3ccccc3)C4)CC2)cc1. The third kappa shape index (κ3) is 4.99. The van der Waals surface area contributed by atoms with E-state index in [1.165, 1.54) is 0 Å². The summed E-state index contributed by atoms with van der Waals surface area (Å²) in [6, 6.07) is 17.7. The summed E-state index contributed by atoms with van der Waals surface area (Å²) in [5, 5.41) is 3.12. The highest BCUT2D eigenvalue weighted by Gasteiger charge is 2.32. The summed E-state index contributed by atoms with van der Waals surface area (Å²) in [7, 11) is 1.63. The molecule has 3 heterocycles. The summed E-state index contributed by atoms with van der Waals surface area (Å²) in [5.74, 6) is 0.623. The molecule has 1 saturated heterocycles. The summed E-state index contributed by atoms with van der Waals surface area (Å²) < 4.78 is 13.3. The maximum Gasteiger partial charge on any atom is 0.274 e. The highest BCUT2D eigenvalue weighted by atomic mass is 16.5. The maximum atomic E-state index is 13.3. The summed E-state index contributed by atoms with van der Waals surface area (Å²) in [4.78, 5) is 32.4. The number of piperidine rings is 1. The third-order valence-electron chi connectivity index (χ3n) is 7.23. The number of methoxy groups -OCH3 is 1. The van der Waals surface area contributed by atoms with Gasteiger partial charge in [0.05, 0.1) is 38.3 Å². The van der Waals surface area contributed by atoms with Crippen LogP contribution in [0.25, 0.3) is 0 Å². The average Bonchev–Trinajstić information content (AvgIpc) is 3.36. The molecule has 1 N–H and O–H groups in total. The number of rotatable bonds is 6. The van der Waals surface area contributed by atoms with Gasteiger partial charge in [-0.25, -0.2) is 4.98 Å². The minimum atomic E-state index is -0.111. The van der Waals surface area contributed by atoms with Crippen molar-refractivity contribution in [2.75, 3.05) is 20.2 Å². The number of fused-ring (bicyclic) bond motifs is 1. The number of aromatic nitrogens is 2. The van der Waals surface area contributed by atoms with Gasteiger partial charge >= 0.3 is 0 Å². The van der Waals surface area contributed by atoms with Gasteiger partial charge in [-0.1, -0.05) is 42.5 Å². The van der Waals surface area contributed by atoms with Gasteiger partial charge in [-0.15, -0.1) is 0 Å². The first-order chi connectivity index (χ1) is 17.5. The fourth-order valence-electron chi connectivity index (χ4n) is 4.98. The number of amides is 2. The van der Waals surface area contributed by atoms with E-state index in [-0.39, 0.29) is 29.9 Å². The first-order valence-electron chi connectivity index (χ1n) is 12.5. The lowest BCUT2D eigenvalue weighted by atomic mass is 9.95. The quantitative estimate of drug-likeness (QED) is 0.569. The van der Waals surface area contributed by atoms with Crippen molar-refractivity contribution in [2.45, 2.75) is 45.1 Å². The first kappa shape index (κ1) is 24.1. The Hall–Kier alpha value is -3.65. The predicted octanol–water partition coefficient (Wildman–Crippen LogP) is 3.89. The molecule has 36 heavy (non-hydrogen) atoms. The van der Waals surface area contributed by atoms with E-state index in [9.17, 15) is 9.59 Å². The van der Waals surface area contributed by atoms with Crippen LogP contribution in [0.1, 0.15) is 59.2 Å². The molecule has 0 unspecified atom stereocenters. The highest BCUT2D eigenvalue weighted by molar-refractivity contribution is 5.93. The second-order valence-electron chi connectivity index (χ2n) is 9.47. The van der Waals surface area contributed by atoms with Crippen LogP contribution in [0.15, 0.2) is 60.9 Å². The van der Waals surface area contributed by atoms with E-state index >= 15 is 0 Å². The van der Waals surface area contributed by atoms with E-state index < -0.39 is 0 Å². The third-order valence-corrected chi connectivity index (χ3v) is 7.23. The molecule has 2 aliphatic rings. The first-order valence-corrected chi connectivity index (χ1v) is 12.5. The Morgan fingerprint density at radius 1 is 1.08 bits per heavy atom. The second-order valence-corrected chi connectivity index (χ2v) is 9.47. The molecule has 8 heteroatoms. The number of nitrogens with zero attached hydrogens (tertiary/aromatic N) is 3. The van der Waals surface area contributed by atoms with Gasteiger partial charge in [0.25, 0.3) is 5.91 Å². The number of carbonyl (C=O) groups is 2. The summed E-state index contributed by atoms with van der Waals surface area (Å²) in [6.07, 6.45) is 2.96. The van der Waals surface area contributed by atoms with Crippen LogP contribution >= 0.6 is 0 Å². The molecule has 2 atom stereocenters. The van der Waals surface area contributed by atoms with E-state index in [2.05, 4.69) is 22.4 Å². The molecule has 2 amide bonds. The number of ether oxygens (including phenoxy) is 2. The van der Waals surface area contributed by atoms with Crippen molar-refractivity contribution in [1.82, 2.24) is 19.8 Å². The fraction of sp³-hybridized carbons (Fsp3) is 0.393. The smallest absolute Gasteiger partial charge is 0.274 e. The number of hydrogen-bond acceptors (Lipinski definition) is 5. The Morgan fingerprint density at radius 2 is 1.81 bits per heavy atom. The van der Waals surface area contributed by atoms with E-state index in [0.29, 0.717) is 44.8 Å². The zero-order chi connectivity index (χ0) is 25.1. The van der Waals surface area contributed by atoms with Gasteiger partial charge in [0.2, 0.25) is 5.91 Å². The van der Waals surface area contributed by atoms with Crippen molar-refractivity contribution < 1.29 is 19.1 Å². The predicted molar refractivity (Wildman–Crippen MR) is 134 cm³/mol. The molecular formula is C28H32N4O4. The lowest BCUT2D eigenvalue weighted by molar-refractivity contribution is -0.127. The molecule has 3 aromatic rings. The monoisotopic (exact) mass is 488 g/mol. The molecule has 2 aromatic carbocycles. The van der Waals surface area contributed by atoms with E-state index in [1.807, 2.05) is 58.9 Å². The lowest BCUT2D eigenvalue weighted by Gasteiger charge is -2.32. The molecule has 0 bridgehead atoms. The van der Waals surface area contributed by atoms with Gasteiger partial charge in [0.1, 0.15) is 11.9 Å². The van der Waals surface area contributed by atoms with Crippen molar-refractivity contribution in [3.63, 3.8) is 0 Å². The molecule has 8 nitrogen and oxygen atoms in total. The highest BCUT2D eigenvalue weighted by Crippen LogP contribution is 2.29. The molecule has 0 aliphatic carbocycles. The summed E-state index contributed by atoms with van der Waals surface area (Å²) in [6.45, 7) is 4.03. The molecule has 5 rings (SSSR count). The zero-order valence-corrected chi connectivity index (χ0v) is 20.7. The van der Waals surface area contributed by atoms with Gasteiger partial charge in [-0.3, -0.25) is 9.59 Å². The number of imidazole rings is 1.